The van der Waals surface area contributed by atoms with Crippen LogP contribution >= 0.6 is 7.60 Å². The molecule has 0 radical (unpaired) electrons. The molecular weight excluding hydrogens is 293 g/mol. The van der Waals surface area contributed by atoms with E-state index in [0.29, 0.717) is 0 Å². The predicted octanol–water partition coefficient (Wildman–Crippen LogP) is 3.05. The van der Waals surface area contributed by atoms with Crippen LogP contribution in [0.2, 0.25) is 0 Å². The summed E-state index contributed by atoms with van der Waals surface area (Å²) >= 11 is 0. The van der Waals surface area contributed by atoms with Gasteiger partial charge < -0.3 is 0 Å². The van der Waals surface area contributed by atoms with Gasteiger partial charge in [-0.3, -0.25) is 18.4 Å². The van der Waals surface area contributed by atoms with Crippen LogP contribution in [0, 0.1) is 0 Å². The second-order valence-electron chi connectivity index (χ2n) is 2.82. The highest BCUT2D eigenvalue weighted by molar-refractivity contribution is 7.72. The van der Waals surface area contributed by atoms with E-state index in [0.717, 1.165) is 0 Å². The standard InChI is InChI=1S/C7H7F6O4P/c1-2-5(14)18(15,16-3-6(8,9)10)17-4-7(11,12)13/h2H,1,3-4H2. The minimum Gasteiger partial charge on any atom is -0.293 e. The molecule has 106 valence electrons. The third-order valence-corrected chi connectivity index (χ3v) is 2.90. The zero-order valence-corrected chi connectivity index (χ0v) is 9.44. The maximum absolute atomic E-state index is 11.8. The Labute approximate surface area is 97.1 Å². The maximum Gasteiger partial charge on any atom is 0.412 e. The predicted molar refractivity (Wildman–Crippen MR) is 46.8 cm³/mol. The first-order valence-corrected chi connectivity index (χ1v) is 5.63. The van der Waals surface area contributed by atoms with Crippen molar-refractivity contribution in [2.75, 3.05) is 13.2 Å². The molecule has 4 nitrogen and oxygen atoms in total. The van der Waals surface area contributed by atoms with Crippen molar-refractivity contribution in [2.45, 2.75) is 12.4 Å². The number of carbonyl (C=O) groups excluding carboxylic acids is 1. The Morgan fingerprint density at radius 2 is 1.39 bits per heavy atom. The monoisotopic (exact) mass is 300 g/mol. The van der Waals surface area contributed by atoms with Crippen LogP contribution in [0.15, 0.2) is 12.7 Å². The molecular formula is C7H7F6O4P. The van der Waals surface area contributed by atoms with Gasteiger partial charge in [-0.1, -0.05) is 6.58 Å². The molecule has 0 rings (SSSR count). The molecule has 0 N–H and O–H groups in total. The van der Waals surface area contributed by atoms with E-state index in [1.807, 2.05) is 0 Å². The Morgan fingerprint density at radius 3 is 1.61 bits per heavy atom. The van der Waals surface area contributed by atoms with E-state index in [-0.39, 0.29) is 6.08 Å². The van der Waals surface area contributed by atoms with E-state index in [9.17, 15) is 35.7 Å². The van der Waals surface area contributed by atoms with Crippen molar-refractivity contribution < 1.29 is 44.7 Å². The van der Waals surface area contributed by atoms with Gasteiger partial charge in [0.1, 0.15) is 0 Å². The third-order valence-electron chi connectivity index (χ3n) is 1.24. The molecule has 0 bridgehead atoms. The molecule has 0 saturated heterocycles. The SMILES string of the molecule is C=CC(=O)P(=O)(OCC(F)(F)F)OCC(F)(F)F. The first-order valence-electron chi connectivity index (χ1n) is 4.09. The zero-order valence-electron chi connectivity index (χ0n) is 8.55. The van der Waals surface area contributed by atoms with Gasteiger partial charge in [0, 0.05) is 0 Å². The summed E-state index contributed by atoms with van der Waals surface area (Å²) in [6.45, 7) is -1.59. The Balaban J connectivity index is 4.80. The minimum absolute atomic E-state index is 0.257. The number of carbonyl (C=O) groups is 1. The molecule has 0 aliphatic heterocycles. The van der Waals surface area contributed by atoms with Gasteiger partial charge in [-0.25, -0.2) is 0 Å². The lowest BCUT2D eigenvalue weighted by molar-refractivity contribution is -0.165. The van der Waals surface area contributed by atoms with Gasteiger partial charge in [0.2, 0.25) is 0 Å². The summed E-state index contributed by atoms with van der Waals surface area (Å²) in [6, 6.07) is 0. The normalized spacial score (nSPS) is 13.4. The second kappa shape index (κ2) is 5.85. The van der Waals surface area contributed by atoms with Crippen LogP contribution in [0.25, 0.3) is 0 Å². The highest BCUT2D eigenvalue weighted by Crippen LogP contribution is 2.51. The summed E-state index contributed by atoms with van der Waals surface area (Å²) in [6.07, 6.45) is -9.69. The molecule has 0 aromatic heterocycles. The number of hydrogen-bond donors (Lipinski definition) is 0. The Morgan fingerprint density at radius 1 is 1.06 bits per heavy atom. The van der Waals surface area contributed by atoms with Crippen molar-refractivity contribution in [1.82, 2.24) is 0 Å². The van der Waals surface area contributed by atoms with E-state index in [1.165, 1.54) is 0 Å². The van der Waals surface area contributed by atoms with Gasteiger partial charge in [-0.15, -0.1) is 0 Å². The van der Waals surface area contributed by atoms with Crippen LogP contribution in [-0.4, -0.2) is 31.1 Å². The topological polar surface area (TPSA) is 52.6 Å². The van der Waals surface area contributed by atoms with Crippen LogP contribution in [0.1, 0.15) is 0 Å². The van der Waals surface area contributed by atoms with Gasteiger partial charge in [-0.2, -0.15) is 26.3 Å². The zero-order chi connectivity index (χ0) is 14.6. The number of halogens is 6. The van der Waals surface area contributed by atoms with E-state index < -0.39 is 38.7 Å². The molecule has 0 aliphatic carbocycles. The first kappa shape index (κ1) is 17.1. The van der Waals surface area contributed by atoms with Crippen molar-refractivity contribution in [3.63, 3.8) is 0 Å². The molecule has 0 saturated carbocycles. The smallest absolute Gasteiger partial charge is 0.293 e. The van der Waals surface area contributed by atoms with Gasteiger partial charge in [-0.05, 0) is 6.08 Å². The van der Waals surface area contributed by atoms with Crippen molar-refractivity contribution in [3.05, 3.63) is 12.7 Å². The van der Waals surface area contributed by atoms with Gasteiger partial charge in [0.25, 0.3) is 5.52 Å². The van der Waals surface area contributed by atoms with Gasteiger partial charge in [0.05, 0.1) is 0 Å². The van der Waals surface area contributed by atoms with Crippen LogP contribution in [0.4, 0.5) is 26.3 Å². The summed E-state index contributed by atoms with van der Waals surface area (Å²) < 4.78 is 89.2. The van der Waals surface area contributed by atoms with E-state index in [1.54, 1.807) is 0 Å². The summed E-state index contributed by atoms with van der Waals surface area (Å²) in [7, 11) is -5.20. The minimum atomic E-state index is -5.20. The fourth-order valence-electron chi connectivity index (χ4n) is 0.593. The quantitative estimate of drug-likeness (QED) is 0.430. The summed E-state index contributed by atoms with van der Waals surface area (Å²) in [5.74, 6) is 0. The fourth-order valence-corrected chi connectivity index (χ4v) is 1.78. The van der Waals surface area contributed by atoms with Crippen molar-refractivity contribution in [1.29, 1.82) is 0 Å². The molecule has 0 aliphatic rings. The van der Waals surface area contributed by atoms with Crippen molar-refractivity contribution >= 4 is 13.1 Å². The summed E-state index contributed by atoms with van der Waals surface area (Å²) in [5.41, 5.74) is -1.68. The lowest BCUT2D eigenvalue weighted by Gasteiger charge is -2.17. The Kier molecular flexibility index (Phi) is 5.57. The van der Waals surface area contributed by atoms with Crippen LogP contribution in [0.3, 0.4) is 0 Å². The molecule has 0 heterocycles. The number of alkyl halides is 6. The van der Waals surface area contributed by atoms with Gasteiger partial charge in [0.15, 0.2) is 13.2 Å². The van der Waals surface area contributed by atoms with E-state index >= 15 is 0 Å². The lowest BCUT2D eigenvalue weighted by Crippen LogP contribution is -2.21. The highest BCUT2D eigenvalue weighted by Gasteiger charge is 2.42. The molecule has 0 fully saturated rings. The number of hydrogen-bond acceptors (Lipinski definition) is 4. The van der Waals surface area contributed by atoms with E-state index in [4.69, 9.17) is 0 Å². The number of rotatable bonds is 6. The molecule has 0 amide bonds. The van der Waals surface area contributed by atoms with Crippen molar-refractivity contribution in [3.8, 4) is 0 Å². The molecule has 18 heavy (non-hydrogen) atoms. The third kappa shape index (κ3) is 6.77. The van der Waals surface area contributed by atoms with Crippen LogP contribution in [0.5, 0.6) is 0 Å². The van der Waals surface area contributed by atoms with Crippen LogP contribution < -0.4 is 0 Å². The molecule has 0 aromatic rings. The molecule has 0 unspecified atom stereocenters. The van der Waals surface area contributed by atoms with E-state index in [2.05, 4.69) is 15.6 Å². The van der Waals surface area contributed by atoms with Gasteiger partial charge >= 0.3 is 19.9 Å². The van der Waals surface area contributed by atoms with Crippen LogP contribution in [-0.2, 0) is 18.4 Å². The first-order chi connectivity index (χ1) is 7.90. The molecule has 0 atom stereocenters. The number of allylic oxidation sites excluding steroid dienone is 1. The average molecular weight is 300 g/mol. The largest absolute Gasteiger partial charge is 0.412 e. The second-order valence-corrected chi connectivity index (χ2v) is 4.77. The maximum atomic E-state index is 11.8. The molecule has 0 aromatic carbocycles. The summed E-state index contributed by atoms with van der Waals surface area (Å²) in [5, 5.41) is 0. The highest BCUT2D eigenvalue weighted by atomic mass is 31.2. The summed E-state index contributed by atoms with van der Waals surface area (Å²) in [4.78, 5) is 10.9. The van der Waals surface area contributed by atoms with Crippen molar-refractivity contribution in [2.24, 2.45) is 0 Å². The molecule has 11 heteroatoms. The fraction of sp³-hybridized carbons (Fsp3) is 0.571. The average Bonchev–Trinajstić information content (AvgIpc) is 2.20. The molecule has 0 spiro atoms. The Hall–Kier alpha value is -0.860. The Bertz CT molecular complexity index is 338. The lowest BCUT2D eigenvalue weighted by atomic mass is 10.7.